The van der Waals surface area contributed by atoms with Crippen molar-refractivity contribution in [2.24, 2.45) is 0 Å². The van der Waals surface area contributed by atoms with Crippen LogP contribution in [0.4, 0.5) is 4.39 Å². The molecule has 1 aromatic carbocycles. The number of nitrogens with one attached hydrogen (secondary N) is 1. The number of benzene rings is 1. The number of hydrogen-bond acceptors (Lipinski definition) is 2. The molecule has 1 amide bonds. The highest BCUT2D eigenvalue weighted by molar-refractivity contribution is 6.30. The Morgan fingerprint density at radius 3 is 2.93 bits per heavy atom. The molecule has 0 aliphatic heterocycles. The van der Waals surface area contributed by atoms with E-state index in [2.05, 4.69) is 5.32 Å². The van der Waals surface area contributed by atoms with Crippen LogP contribution in [0, 0.1) is 17.1 Å². The third-order valence-corrected chi connectivity index (χ3v) is 1.82. The van der Waals surface area contributed by atoms with Gasteiger partial charge in [0.1, 0.15) is 12.4 Å². The highest BCUT2D eigenvalue weighted by Gasteiger charge is 2.07. The summed E-state index contributed by atoms with van der Waals surface area (Å²) >= 11 is 5.43. The van der Waals surface area contributed by atoms with Gasteiger partial charge in [0.2, 0.25) is 0 Å². The van der Waals surface area contributed by atoms with Crippen LogP contribution in [0.2, 0.25) is 5.02 Å². The number of nitrogens with zero attached hydrogens (tertiary/aromatic N) is 1. The third-order valence-electron chi connectivity index (χ3n) is 1.51. The van der Waals surface area contributed by atoms with Crippen molar-refractivity contribution >= 4 is 17.5 Å². The van der Waals surface area contributed by atoms with Crippen LogP contribution in [-0.4, -0.2) is 12.5 Å². The number of rotatable bonds is 2. The molecule has 5 heteroatoms. The van der Waals surface area contributed by atoms with Gasteiger partial charge >= 0.3 is 0 Å². The smallest absolute Gasteiger partial charge is 0.252 e. The second kappa shape index (κ2) is 4.58. The zero-order valence-corrected chi connectivity index (χ0v) is 7.81. The largest absolute Gasteiger partial charge is 0.339 e. The maximum atomic E-state index is 12.9. The minimum Gasteiger partial charge on any atom is -0.339 e. The Hall–Kier alpha value is -1.60. The van der Waals surface area contributed by atoms with E-state index in [1.807, 2.05) is 0 Å². The quantitative estimate of drug-likeness (QED) is 0.759. The predicted molar refractivity (Wildman–Crippen MR) is 49.4 cm³/mol. The normalized spacial score (nSPS) is 9.21. The van der Waals surface area contributed by atoms with Gasteiger partial charge in [-0.05, 0) is 18.2 Å². The molecule has 0 fully saturated rings. The molecule has 0 unspecified atom stereocenters. The topological polar surface area (TPSA) is 52.9 Å². The highest BCUT2D eigenvalue weighted by Crippen LogP contribution is 2.15. The Kier molecular flexibility index (Phi) is 3.43. The van der Waals surface area contributed by atoms with Crippen molar-refractivity contribution in [1.29, 1.82) is 5.26 Å². The van der Waals surface area contributed by atoms with Crippen molar-refractivity contribution in [3.05, 3.63) is 34.6 Å². The number of halogens is 2. The van der Waals surface area contributed by atoms with E-state index in [1.165, 1.54) is 12.1 Å². The highest BCUT2D eigenvalue weighted by atomic mass is 35.5. The van der Waals surface area contributed by atoms with Gasteiger partial charge in [-0.2, -0.15) is 5.26 Å². The Labute approximate surface area is 85.1 Å². The van der Waals surface area contributed by atoms with Gasteiger partial charge < -0.3 is 5.32 Å². The molecule has 0 aliphatic carbocycles. The molecular weight excluding hydrogens is 207 g/mol. The molecular formula is C9H6ClFN2O. The van der Waals surface area contributed by atoms with Crippen LogP contribution in [-0.2, 0) is 0 Å². The second-order valence-corrected chi connectivity index (χ2v) is 2.88. The monoisotopic (exact) mass is 212 g/mol. The molecule has 14 heavy (non-hydrogen) atoms. The lowest BCUT2D eigenvalue weighted by atomic mass is 10.2. The first kappa shape index (κ1) is 10.5. The molecule has 0 aliphatic rings. The van der Waals surface area contributed by atoms with E-state index in [9.17, 15) is 9.18 Å². The summed E-state index contributed by atoms with van der Waals surface area (Å²) in [4.78, 5) is 11.2. The molecule has 0 heterocycles. The van der Waals surface area contributed by atoms with E-state index in [0.29, 0.717) is 0 Å². The van der Waals surface area contributed by atoms with Crippen molar-refractivity contribution in [1.82, 2.24) is 5.32 Å². The molecule has 0 radical (unpaired) electrons. The molecule has 1 aromatic rings. The summed E-state index contributed by atoms with van der Waals surface area (Å²) in [7, 11) is 0. The zero-order valence-electron chi connectivity index (χ0n) is 7.05. The van der Waals surface area contributed by atoms with Crippen LogP contribution < -0.4 is 5.32 Å². The molecule has 0 saturated carbocycles. The number of carbonyl (C=O) groups is 1. The fourth-order valence-electron chi connectivity index (χ4n) is 0.859. The summed E-state index contributed by atoms with van der Waals surface area (Å²) in [6.07, 6.45) is 0. The molecule has 0 saturated heterocycles. The lowest BCUT2D eigenvalue weighted by molar-refractivity contribution is 0.0958. The minimum atomic E-state index is -0.656. The maximum absolute atomic E-state index is 12.9. The lowest BCUT2D eigenvalue weighted by Crippen LogP contribution is -2.23. The van der Waals surface area contributed by atoms with Crippen molar-refractivity contribution in [3.8, 4) is 6.07 Å². The standard InChI is InChI=1S/C9H6ClFN2O/c10-7-2-1-6(5-8(7)11)9(14)13-4-3-12/h1-2,5H,4H2,(H,13,14). The van der Waals surface area contributed by atoms with Crippen molar-refractivity contribution in [2.45, 2.75) is 0 Å². The molecule has 0 bridgehead atoms. The first-order chi connectivity index (χ1) is 6.65. The maximum Gasteiger partial charge on any atom is 0.252 e. The van der Waals surface area contributed by atoms with Gasteiger partial charge in [-0.3, -0.25) is 4.79 Å². The molecule has 72 valence electrons. The Balaban J connectivity index is 2.82. The molecule has 1 rings (SSSR count). The number of carbonyl (C=O) groups excluding carboxylic acids is 1. The fourth-order valence-corrected chi connectivity index (χ4v) is 0.977. The minimum absolute atomic E-state index is 0.0400. The molecule has 0 spiro atoms. The van der Waals surface area contributed by atoms with Gasteiger partial charge in [0, 0.05) is 5.56 Å². The lowest BCUT2D eigenvalue weighted by Gasteiger charge is -2.01. The first-order valence-electron chi connectivity index (χ1n) is 3.75. The summed E-state index contributed by atoms with van der Waals surface area (Å²) in [5, 5.41) is 10.4. The van der Waals surface area contributed by atoms with Crippen molar-refractivity contribution in [3.63, 3.8) is 0 Å². The summed E-state index contributed by atoms with van der Waals surface area (Å²) in [6, 6.07) is 5.44. The summed E-state index contributed by atoms with van der Waals surface area (Å²) in [6.45, 7) is -0.108. The van der Waals surface area contributed by atoms with E-state index in [1.54, 1.807) is 6.07 Å². The Bertz CT molecular complexity index is 400. The molecule has 0 atom stereocenters. The van der Waals surface area contributed by atoms with Crippen LogP contribution in [0.5, 0.6) is 0 Å². The fraction of sp³-hybridized carbons (Fsp3) is 0.111. The van der Waals surface area contributed by atoms with E-state index >= 15 is 0 Å². The molecule has 3 nitrogen and oxygen atoms in total. The van der Waals surface area contributed by atoms with Crippen LogP contribution in [0.15, 0.2) is 18.2 Å². The van der Waals surface area contributed by atoms with Crippen molar-refractivity contribution in [2.75, 3.05) is 6.54 Å². The summed E-state index contributed by atoms with van der Waals surface area (Å²) < 4.78 is 12.9. The van der Waals surface area contributed by atoms with Gasteiger partial charge in [-0.1, -0.05) is 11.6 Å². The van der Waals surface area contributed by atoms with E-state index in [4.69, 9.17) is 16.9 Å². The summed E-state index contributed by atoms with van der Waals surface area (Å²) in [5.41, 5.74) is 0.141. The average Bonchev–Trinajstić information content (AvgIpc) is 2.18. The van der Waals surface area contributed by atoms with Gasteiger partial charge in [-0.25, -0.2) is 4.39 Å². The summed E-state index contributed by atoms with van der Waals surface area (Å²) in [5.74, 6) is -1.15. The Morgan fingerprint density at radius 2 is 2.36 bits per heavy atom. The average molecular weight is 213 g/mol. The third kappa shape index (κ3) is 2.44. The number of nitriles is 1. The van der Waals surface area contributed by atoms with Crippen LogP contribution in [0.25, 0.3) is 0 Å². The van der Waals surface area contributed by atoms with E-state index < -0.39 is 11.7 Å². The first-order valence-corrected chi connectivity index (χ1v) is 4.13. The number of amides is 1. The zero-order chi connectivity index (χ0) is 10.6. The van der Waals surface area contributed by atoms with Gasteiger partial charge in [0.05, 0.1) is 11.1 Å². The van der Waals surface area contributed by atoms with Gasteiger partial charge in [0.25, 0.3) is 5.91 Å². The van der Waals surface area contributed by atoms with E-state index in [-0.39, 0.29) is 17.1 Å². The SMILES string of the molecule is N#CCNC(=O)c1ccc(Cl)c(F)c1. The van der Waals surface area contributed by atoms with Crippen LogP contribution in [0.1, 0.15) is 10.4 Å². The van der Waals surface area contributed by atoms with Crippen LogP contribution in [0.3, 0.4) is 0 Å². The number of hydrogen-bond donors (Lipinski definition) is 1. The second-order valence-electron chi connectivity index (χ2n) is 2.47. The predicted octanol–water partition coefficient (Wildman–Crippen LogP) is 1.73. The molecule has 1 N–H and O–H groups in total. The van der Waals surface area contributed by atoms with E-state index in [0.717, 1.165) is 6.07 Å². The molecule has 0 aromatic heterocycles. The van der Waals surface area contributed by atoms with Gasteiger partial charge in [-0.15, -0.1) is 0 Å². The van der Waals surface area contributed by atoms with Crippen LogP contribution >= 0.6 is 11.6 Å². The van der Waals surface area contributed by atoms with Gasteiger partial charge in [0.15, 0.2) is 0 Å². The van der Waals surface area contributed by atoms with Crippen molar-refractivity contribution < 1.29 is 9.18 Å². The Morgan fingerprint density at radius 1 is 1.64 bits per heavy atom.